The summed E-state index contributed by atoms with van der Waals surface area (Å²) in [5, 5.41) is 15.7. The first-order valence-electron chi connectivity index (χ1n) is 5.73. The van der Waals surface area contributed by atoms with Crippen LogP contribution in [-0.4, -0.2) is 26.8 Å². The third kappa shape index (κ3) is 2.88. The molecule has 6 nitrogen and oxygen atoms in total. The maximum Gasteiger partial charge on any atom is 0.335 e. The first-order chi connectivity index (χ1) is 9.38. The molecule has 104 valence electrons. The number of carboxylic acids is 1. The second-order valence-corrected chi connectivity index (χ2v) is 5.10. The summed E-state index contributed by atoms with van der Waals surface area (Å²) in [5.41, 5.74) is 1.82. The van der Waals surface area contributed by atoms with Gasteiger partial charge in [-0.1, -0.05) is 0 Å². The highest BCUT2D eigenvalue weighted by atomic mass is 79.9. The van der Waals surface area contributed by atoms with E-state index in [2.05, 4.69) is 26.3 Å². The largest absolute Gasteiger partial charge is 0.478 e. The number of halogens is 1. The predicted octanol–water partition coefficient (Wildman–Crippen LogP) is 2.44. The Morgan fingerprint density at radius 1 is 1.35 bits per heavy atom. The van der Waals surface area contributed by atoms with Crippen LogP contribution in [0.3, 0.4) is 0 Å². The molecule has 1 amide bonds. The fourth-order valence-electron chi connectivity index (χ4n) is 1.76. The Morgan fingerprint density at radius 3 is 2.55 bits per heavy atom. The number of nitrogens with one attached hydrogen (secondary N) is 1. The van der Waals surface area contributed by atoms with Crippen LogP contribution in [0, 0.1) is 6.92 Å². The first-order valence-corrected chi connectivity index (χ1v) is 6.52. The lowest BCUT2D eigenvalue weighted by molar-refractivity contribution is 0.0696. The quantitative estimate of drug-likeness (QED) is 0.900. The number of hydrogen-bond donors (Lipinski definition) is 2. The number of benzene rings is 1. The highest BCUT2D eigenvalue weighted by molar-refractivity contribution is 9.10. The van der Waals surface area contributed by atoms with Crippen LogP contribution in [-0.2, 0) is 7.05 Å². The van der Waals surface area contributed by atoms with Gasteiger partial charge in [0.05, 0.1) is 16.9 Å². The molecule has 0 aliphatic rings. The van der Waals surface area contributed by atoms with Crippen molar-refractivity contribution in [1.29, 1.82) is 0 Å². The van der Waals surface area contributed by atoms with Crippen molar-refractivity contribution in [3.8, 4) is 0 Å². The maximum atomic E-state index is 12.1. The second kappa shape index (κ2) is 5.46. The molecule has 1 heterocycles. The summed E-state index contributed by atoms with van der Waals surface area (Å²) in [6.07, 6.45) is 0. The minimum atomic E-state index is -1.02. The number of carbonyl (C=O) groups excluding carboxylic acids is 1. The Kier molecular flexibility index (Phi) is 3.89. The number of carbonyl (C=O) groups is 2. The van der Waals surface area contributed by atoms with E-state index in [1.54, 1.807) is 20.0 Å². The van der Waals surface area contributed by atoms with Crippen LogP contribution in [0.5, 0.6) is 0 Å². The number of nitrogens with zero attached hydrogens (tertiary/aromatic N) is 2. The normalized spacial score (nSPS) is 10.3. The topological polar surface area (TPSA) is 84.2 Å². The van der Waals surface area contributed by atoms with E-state index in [1.165, 1.54) is 22.9 Å². The van der Waals surface area contributed by atoms with Crippen LogP contribution in [0.1, 0.15) is 26.5 Å². The Bertz CT molecular complexity index is 694. The van der Waals surface area contributed by atoms with Gasteiger partial charge >= 0.3 is 5.97 Å². The smallest absolute Gasteiger partial charge is 0.335 e. The van der Waals surface area contributed by atoms with E-state index in [-0.39, 0.29) is 11.5 Å². The zero-order chi connectivity index (χ0) is 14.9. The summed E-state index contributed by atoms with van der Waals surface area (Å²) in [5.74, 6) is -1.33. The molecule has 20 heavy (non-hydrogen) atoms. The van der Waals surface area contributed by atoms with Crippen molar-refractivity contribution >= 4 is 33.5 Å². The van der Waals surface area contributed by atoms with E-state index in [0.29, 0.717) is 15.9 Å². The van der Waals surface area contributed by atoms with Crippen molar-refractivity contribution in [2.24, 2.45) is 7.05 Å². The van der Waals surface area contributed by atoms with E-state index >= 15 is 0 Å². The molecule has 0 spiro atoms. The summed E-state index contributed by atoms with van der Waals surface area (Å²) >= 11 is 3.24. The molecule has 0 saturated heterocycles. The van der Waals surface area contributed by atoms with Gasteiger partial charge in [-0.25, -0.2) is 4.79 Å². The third-order valence-corrected chi connectivity index (χ3v) is 3.35. The van der Waals surface area contributed by atoms with E-state index in [4.69, 9.17) is 5.11 Å². The number of aryl methyl sites for hydroxylation is 2. The zero-order valence-corrected chi connectivity index (χ0v) is 12.4. The lowest BCUT2D eigenvalue weighted by atomic mass is 10.2. The molecule has 2 N–H and O–H groups in total. The standard InChI is InChI=1S/C13H12BrN3O3/c1-7-5-11(17(2)16-7)12(18)15-10-4-3-8(13(19)20)6-9(10)14/h3-6H,1-2H3,(H,15,18)(H,19,20). The van der Waals surface area contributed by atoms with E-state index in [9.17, 15) is 9.59 Å². The Hall–Kier alpha value is -2.15. The van der Waals surface area contributed by atoms with Gasteiger partial charge < -0.3 is 10.4 Å². The van der Waals surface area contributed by atoms with Gasteiger partial charge in [-0.15, -0.1) is 0 Å². The SMILES string of the molecule is Cc1cc(C(=O)Nc2ccc(C(=O)O)cc2Br)n(C)n1. The predicted molar refractivity (Wildman–Crippen MR) is 77.0 cm³/mol. The molecule has 0 radical (unpaired) electrons. The van der Waals surface area contributed by atoms with Gasteiger partial charge in [0, 0.05) is 11.5 Å². The zero-order valence-electron chi connectivity index (χ0n) is 10.8. The van der Waals surface area contributed by atoms with Crippen LogP contribution in [0.15, 0.2) is 28.7 Å². The molecule has 0 atom stereocenters. The highest BCUT2D eigenvalue weighted by Crippen LogP contribution is 2.24. The summed E-state index contributed by atoms with van der Waals surface area (Å²) in [6.45, 7) is 1.80. The Morgan fingerprint density at radius 2 is 2.05 bits per heavy atom. The molecule has 0 aliphatic carbocycles. The van der Waals surface area contributed by atoms with Crippen molar-refractivity contribution in [1.82, 2.24) is 9.78 Å². The number of aromatic nitrogens is 2. The minimum Gasteiger partial charge on any atom is -0.478 e. The van der Waals surface area contributed by atoms with E-state index in [0.717, 1.165) is 5.69 Å². The van der Waals surface area contributed by atoms with Crippen LogP contribution >= 0.6 is 15.9 Å². The molecule has 0 bridgehead atoms. The van der Waals surface area contributed by atoms with Crippen molar-refractivity contribution in [2.45, 2.75) is 6.92 Å². The number of hydrogen-bond acceptors (Lipinski definition) is 3. The number of rotatable bonds is 3. The van der Waals surface area contributed by atoms with Gasteiger partial charge in [0.2, 0.25) is 0 Å². The van der Waals surface area contributed by atoms with Crippen LogP contribution in [0.25, 0.3) is 0 Å². The molecule has 2 rings (SSSR count). The van der Waals surface area contributed by atoms with Crippen molar-refractivity contribution in [3.05, 3.63) is 45.7 Å². The number of amides is 1. The van der Waals surface area contributed by atoms with E-state index < -0.39 is 5.97 Å². The second-order valence-electron chi connectivity index (χ2n) is 4.25. The van der Waals surface area contributed by atoms with Gasteiger partial charge in [0.25, 0.3) is 5.91 Å². The van der Waals surface area contributed by atoms with Gasteiger partial charge in [-0.2, -0.15) is 5.10 Å². The van der Waals surface area contributed by atoms with Crippen LogP contribution in [0.2, 0.25) is 0 Å². The molecular formula is C13H12BrN3O3. The third-order valence-electron chi connectivity index (χ3n) is 2.70. The number of aromatic carboxylic acids is 1. The van der Waals surface area contributed by atoms with Crippen LogP contribution in [0.4, 0.5) is 5.69 Å². The number of carboxylic acid groups (broad SMARTS) is 1. The fraction of sp³-hybridized carbons (Fsp3) is 0.154. The molecular weight excluding hydrogens is 326 g/mol. The lowest BCUT2D eigenvalue weighted by Crippen LogP contribution is -2.16. The highest BCUT2D eigenvalue weighted by Gasteiger charge is 2.14. The first kappa shape index (κ1) is 14.3. The average molecular weight is 338 g/mol. The molecule has 0 fully saturated rings. The van der Waals surface area contributed by atoms with Gasteiger partial charge in [-0.3, -0.25) is 9.48 Å². The number of anilines is 1. The van der Waals surface area contributed by atoms with Gasteiger partial charge in [-0.05, 0) is 47.1 Å². The summed E-state index contributed by atoms with van der Waals surface area (Å²) in [4.78, 5) is 22.9. The summed E-state index contributed by atoms with van der Waals surface area (Å²) < 4.78 is 1.99. The van der Waals surface area contributed by atoms with Gasteiger partial charge in [0.15, 0.2) is 0 Å². The maximum absolute atomic E-state index is 12.1. The fourth-order valence-corrected chi connectivity index (χ4v) is 2.24. The summed E-state index contributed by atoms with van der Waals surface area (Å²) in [6, 6.07) is 6.08. The molecule has 7 heteroatoms. The Labute approximate surface area is 123 Å². The summed E-state index contributed by atoms with van der Waals surface area (Å²) in [7, 11) is 1.69. The molecule has 0 unspecified atom stereocenters. The molecule has 1 aromatic heterocycles. The minimum absolute atomic E-state index is 0.145. The van der Waals surface area contributed by atoms with Crippen molar-refractivity contribution in [3.63, 3.8) is 0 Å². The van der Waals surface area contributed by atoms with Crippen molar-refractivity contribution in [2.75, 3.05) is 5.32 Å². The molecule has 0 aliphatic heterocycles. The average Bonchev–Trinajstić information content (AvgIpc) is 2.70. The van der Waals surface area contributed by atoms with E-state index in [1.807, 2.05) is 0 Å². The monoisotopic (exact) mass is 337 g/mol. The van der Waals surface area contributed by atoms with Crippen molar-refractivity contribution < 1.29 is 14.7 Å². The molecule has 1 aromatic carbocycles. The van der Waals surface area contributed by atoms with Crippen LogP contribution < -0.4 is 5.32 Å². The lowest BCUT2D eigenvalue weighted by Gasteiger charge is -2.08. The Balaban J connectivity index is 2.24. The molecule has 2 aromatic rings. The molecule has 0 saturated carbocycles. The van der Waals surface area contributed by atoms with Gasteiger partial charge in [0.1, 0.15) is 5.69 Å².